The van der Waals surface area contributed by atoms with Crippen molar-refractivity contribution < 1.29 is 14.3 Å². The highest BCUT2D eigenvalue weighted by Crippen LogP contribution is 2.25. The topological polar surface area (TPSA) is 85.5 Å². The third-order valence-electron chi connectivity index (χ3n) is 3.96. The van der Waals surface area contributed by atoms with E-state index >= 15 is 0 Å². The van der Waals surface area contributed by atoms with E-state index in [1.807, 2.05) is 18.2 Å². The molecule has 24 heavy (non-hydrogen) atoms. The average Bonchev–Trinajstić information content (AvgIpc) is 2.82. The molecule has 1 aliphatic rings. The number of aryl methyl sites for hydroxylation is 1. The normalized spacial score (nSPS) is 13.6. The van der Waals surface area contributed by atoms with Crippen molar-refractivity contribution in [3.05, 3.63) is 59.4 Å². The van der Waals surface area contributed by atoms with Crippen LogP contribution in [0.5, 0.6) is 5.75 Å². The molecule has 0 unspecified atom stereocenters. The summed E-state index contributed by atoms with van der Waals surface area (Å²) in [6.07, 6.45) is 4.10. The molecule has 0 radical (unpaired) electrons. The molecule has 1 aromatic heterocycles. The van der Waals surface area contributed by atoms with Crippen LogP contribution in [0.4, 0.5) is 0 Å². The standard InChI is InChI=1S/C18H19N3O3/c19-17(22)6-4-13-3-5-16-15(10-13)12-21(8-9-24-16)18(23)14-2-1-7-20-11-14/h1-3,5,7,10-11H,4,6,8-9,12H2,(H2,19,22). The number of hydrogen-bond donors (Lipinski definition) is 1. The Hall–Kier alpha value is -2.89. The fourth-order valence-corrected chi connectivity index (χ4v) is 2.72. The molecule has 0 saturated heterocycles. The highest BCUT2D eigenvalue weighted by Gasteiger charge is 2.21. The Morgan fingerprint density at radius 2 is 2.17 bits per heavy atom. The molecule has 2 amide bonds. The summed E-state index contributed by atoms with van der Waals surface area (Å²) in [5.74, 6) is 0.385. The van der Waals surface area contributed by atoms with Gasteiger partial charge in [-0.2, -0.15) is 0 Å². The smallest absolute Gasteiger partial charge is 0.255 e. The minimum atomic E-state index is -0.324. The maximum atomic E-state index is 12.6. The lowest BCUT2D eigenvalue weighted by molar-refractivity contribution is -0.117. The third kappa shape index (κ3) is 3.71. The number of nitrogens with two attached hydrogens (primary N) is 1. The van der Waals surface area contributed by atoms with E-state index in [1.165, 1.54) is 0 Å². The molecular formula is C18H19N3O3. The van der Waals surface area contributed by atoms with Crippen molar-refractivity contribution in [2.24, 2.45) is 5.73 Å². The molecule has 2 heterocycles. The fourth-order valence-electron chi connectivity index (χ4n) is 2.72. The van der Waals surface area contributed by atoms with Gasteiger partial charge in [-0.1, -0.05) is 12.1 Å². The monoisotopic (exact) mass is 325 g/mol. The molecule has 6 nitrogen and oxygen atoms in total. The van der Waals surface area contributed by atoms with Crippen LogP contribution < -0.4 is 10.5 Å². The van der Waals surface area contributed by atoms with E-state index in [4.69, 9.17) is 10.5 Å². The Balaban J connectivity index is 1.79. The molecule has 0 fully saturated rings. The van der Waals surface area contributed by atoms with E-state index in [0.717, 1.165) is 16.9 Å². The fraction of sp³-hybridized carbons (Fsp3) is 0.278. The van der Waals surface area contributed by atoms with E-state index in [9.17, 15) is 9.59 Å². The summed E-state index contributed by atoms with van der Waals surface area (Å²) in [5.41, 5.74) is 7.71. The van der Waals surface area contributed by atoms with Gasteiger partial charge in [-0.05, 0) is 30.2 Å². The second-order valence-corrected chi connectivity index (χ2v) is 5.73. The Bertz CT molecular complexity index is 746. The van der Waals surface area contributed by atoms with Crippen LogP contribution in [0.2, 0.25) is 0 Å². The molecule has 0 saturated carbocycles. The second-order valence-electron chi connectivity index (χ2n) is 5.73. The number of carbonyl (C=O) groups excluding carboxylic acids is 2. The highest BCUT2D eigenvalue weighted by atomic mass is 16.5. The average molecular weight is 325 g/mol. The Kier molecular flexibility index (Phi) is 4.74. The number of pyridine rings is 1. The number of benzene rings is 1. The second kappa shape index (κ2) is 7.12. The minimum Gasteiger partial charge on any atom is -0.491 e. The Labute approximate surface area is 140 Å². The molecule has 2 N–H and O–H groups in total. The zero-order chi connectivity index (χ0) is 16.9. The van der Waals surface area contributed by atoms with Crippen molar-refractivity contribution in [1.82, 2.24) is 9.88 Å². The maximum Gasteiger partial charge on any atom is 0.255 e. The van der Waals surface area contributed by atoms with Gasteiger partial charge in [-0.15, -0.1) is 0 Å². The first-order chi connectivity index (χ1) is 11.6. The maximum absolute atomic E-state index is 12.6. The third-order valence-corrected chi connectivity index (χ3v) is 3.96. The SMILES string of the molecule is NC(=O)CCc1ccc2c(c1)CN(C(=O)c1cccnc1)CCO2. The summed E-state index contributed by atoms with van der Waals surface area (Å²) in [6.45, 7) is 1.42. The zero-order valence-corrected chi connectivity index (χ0v) is 13.3. The van der Waals surface area contributed by atoms with E-state index in [1.54, 1.807) is 29.4 Å². The summed E-state index contributed by atoms with van der Waals surface area (Å²) in [6, 6.07) is 9.31. The van der Waals surface area contributed by atoms with Gasteiger partial charge in [0.05, 0.1) is 12.1 Å². The molecule has 124 valence electrons. The van der Waals surface area contributed by atoms with E-state index in [2.05, 4.69) is 4.98 Å². The van der Waals surface area contributed by atoms with Gasteiger partial charge in [-0.3, -0.25) is 14.6 Å². The lowest BCUT2D eigenvalue weighted by Crippen LogP contribution is -2.32. The molecule has 2 aromatic rings. The molecular weight excluding hydrogens is 306 g/mol. The molecule has 0 atom stereocenters. The van der Waals surface area contributed by atoms with Crippen LogP contribution in [-0.4, -0.2) is 34.8 Å². The molecule has 0 bridgehead atoms. The van der Waals surface area contributed by atoms with Crippen LogP contribution in [0.25, 0.3) is 0 Å². The van der Waals surface area contributed by atoms with Crippen LogP contribution >= 0.6 is 0 Å². The summed E-state index contributed by atoms with van der Waals surface area (Å²) in [5, 5.41) is 0. The molecule has 6 heteroatoms. The van der Waals surface area contributed by atoms with Crippen LogP contribution in [0, 0.1) is 0 Å². The van der Waals surface area contributed by atoms with Gasteiger partial charge in [0, 0.05) is 30.9 Å². The number of ether oxygens (including phenoxy) is 1. The van der Waals surface area contributed by atoms with Gasteiger partial charge in [0.2, 0.25) is 5.91 Å². The molecule has 0 spiro atoms. The van der Waals surface area contributed by atoms with Crippen LogP contribution in [0.1, 0.15) is 27.9 Å². The first-order valence-corrected chi connectivity index (χ1v) is 7.85. The van der Waals surface area contributed by atoms with Crippen molar-refractivity contribution in [3.8, 4) is 5.75 Å². The van der Waals surface area contributed by atoms with Gasteiger partial charge in [0.15, 0.2) is 0 Å². The molecule has 1 aromatic carbocycles. The number of aromatic nitrogens is 1. The van der Waals surface area contributed by atoms with E-state index in [-0.39, 0.29) is 11.8 Å². The molecule has 1 aliphatic heterocycles. The summed E-state index contributed by atoms with van der Waals surface area (Å²) in [4.78, 5) is 29.3. The van der Waals surface area contributed by atoms with Gasteiger partial charge >= 0.3 is 0 Å². The number of amides is 2. The van der Waals surface area contributed by atoms with Crippen LogP contribution in [0.3, 0.4) is 0 Å². The largest absolute Gasteiger partial charge is 0.491 e. The number of fused-ring (bicyclic) bond motifs is 1. The van der Waals surface area contributed by atoms with Crippen LogP contribution in [-0.2, 0) is 17.8 Å². The Morgan fingerprint density at radius 1 is 1.29 bits per heavy atom. The summed E-state index contributed by atoms with van der Waals surface area (Å²) in [7, 11) is 0. The van der Waals surface area contributed by atoms with E-state index in [0.29, 0.717) is 38.1 Å². The highest BCUT2D eigenvalue weighted by molar-refractivity contribution is 5.93. The van der Waals surface area contributed by atoms with Crippen molar-refractivity contribution in [3.63, 3.8) is 0 Å². The van der Waals surface area contributed by atoms with Crippen molar-refractivity contribution in [1.29, 1.82) is 0 Å². The number of hydrogen-bond acceptors (Lipinski definition) is 4. The van der Waals surface area contributed by atoms with Gasteiger partial charge in [-0.25, -0.2) is 0 Å². The predicted molar refractivity (Wildman–Crippen MR) is 88.4 cm³/mol. The Morgan fingerprint density at radius 3 is 2.92 bits per heavy atom. The van der Waals surface area contributed by atoms with Crippen molar-refractivity contribution in [2.45, 2.75) is 19.4 Å². The lowest BCUT2D eigenvalue weighted by atomic mass is 10.0. The van der Waals surface area contributed by atoms with Gasteiger partial charge in [0.1, 0.15) is 12.4 Å². The van der Waals surface area contributed by atoms with E-state index < -0.39 is 0 Å². The predicted octanol–water partition coefficient (Wildman–Crippen LogP) is 1.53. The molecule has 3 rings (SSSR count). The number of carbonyl (C=O) groups is 2. The van der Waals surface area contributed by atoms with Crippen LogP contribution in [0.15, 0.2) is 42.7 Å². The first kappa shape index (κ1) is 16.0. The van der Waals surface area contributed by atoms with Gasteiger partial charge < -0.3 is 15.4 Å². The molecule has 0 aliphatic carbocycles. The first-order valence-electron chi connectivity index (χ1n) is 7.85. The lowest BCUT2D eigenvalue weighted by Gasteiger charge is -2.19. The number of primary amides is 1. The van der Waals surface area contributed by atoms with Gasteiger partial charge in [0.25, 0.3) is 5.91 Å². The van der Waals surface area contributed by atoms with Crippen molar-refractivity contribution >= 4 is 11.8 Å². The number of rotatable bonds is 4. The number of nitrogens with zero attached hydrogens (tertiary/aromatic N) is 2. The minimum absolute atomic E-state index is 0.0675. The summed E-state index contributed by atoms with van der Waals surface area (Å²) < 4.78 is 5.74. The van der Waals surface area contributed by atoms with Crippen molar-refractivity contribution in [2.75, 3.05) is 13.2 Å². The summed E-state index contributed by atoms with van der Waals surface area (Å²) >= 11 is 0. The zero-order valence-electron chi connectivity index (χ0n) is 13.3. The quantitative estimate of drug-likeness (QED) is 0.924.